The molecule has 3 aromatic rings. The second-order valence-electron chi connectivity index (χ2n) is 6.48. The summed E-state index contributed by atoms with van der Waals surface area (Å²) in [5, 5.41) is 6.54. The van der Waals surface area contributed by atoms with Crippen LogP contribution in [0.25, 0.3) is 0 Å². The Morgan fingerprint density at radius 2 is 1.84 bits per heavy atom. The molecule has 0 amide bonds. The molecule has 31 heavy (non-hydrogen) atoms. The van der Waals surface area contributed by atoms with Gasteiger partial charge in [0.25, 0.3) is 0 Å². The molecule has 2 N–H and O–H groups in total. The number of pyridine rings is 1. The van der Waals surface area contributed by atoms with Crippen LogP contribution in [0.1, 0.15) is 11.1 Å². The number of hydrogen-bond acceptors (Lipinski definition) is 4. The number of hydrogen-bond donors (Lipinski definition) is 2. The third-order valence-electron chi connectivity index (χ3n) is 4.40. The van der Waals surface area contributed by atoms with Crippen molar-refractivity contribution < 1.29 is 13.9 Å². The summed E-state index contributed by atoms with van der Waals surface area (Å²) in [6.07, 6.45) is 2.49. The first kappa shape index (κ1) is 24.4. The van der Waals surface area contributed by atoms with Crippen LogP contribution in [-0.2, 0) is 13.0 Å². The summed E-state index contributed by atoms with van der Waals surface area (Å²) in [5.41, 5.74) is 2.04. The largest absolute Gasteiger partial charge is 0.497 e. The van der Waals surface area contributed by atoms with Crippen LogP contribution in [0.3, 0.4) is 0 Å². The monoisotopic (exact) mass is 536 g/mol. The fourth-order valence-electron chi connectivity index (χ4n) is 2.81. The van der Waals surface area contributed by atoms with Crippen molar-refractivity contribution in [3.63, 3.8) is 0 Å². The van der Waals surface area contributed by atoms with Gasteiger partial charge in [-0.2, -0.15) is 0 Å². The highest BCUT2D eigenvalue weighted by Crippen LogP contribution is 2.23. The molecular weight excluding hydrogens is 510 g/mol. The molecule has 0 aliphatic heterocycles. The zero-order chi connectivity index (χ0) is 21.2. The van der Waals surface area contributed by atoms with Crippen molar-refractivity contribution in [3.05, 3.63) is 83.8 Å². The first-order chi connectivity index (χ1) is 14.7. The second-order valence-corrected chi connectivity index (χ2v) is 6.48. The summed E-state index contributed by atoms with van der Waals surface area (Å²) in [6.45, 7) is 1.19. The molecule has 8 heteroatoms. The maximum Gasteiger partial charge on any atom is 0.224 e. The third kappa shape index (κ3) is 7.71. The van der Waals surface area contributed by atoms with Crippen LogP contribution in [0.4, 0.5) is 4.39 Å². The van der Waals surface area contributed by atoms with Gasteiger partial charge in [-0.3, -0.25) is 4.99 Å². The Labute approximate surface area is 198 Å². The lowest BCUT2D eigenvalue weighted by Crippen LogP contribution is -2.37. The number of ether oxygens (including phenoxy) is 2. The fourth-order valence-corrected chi connectivity index (χ4v) is 2.81. The van der Waals surface area contributed by atoms with Crippen molar-refractivity contribution in [2.45, 2.75) is 13.0 Å². The van der Waals surface area contributed by atoms with E-state index >= 15 is 0 Å². The molecule has 0 unspecified atom stereocenters. The van der Waals surface area contributed by atoms with Crippen LogP contribution in [0, 0.1) is 5.82 Å². The lowest BCUT2D eigenvalue weighted by molar-refractivity contribution is 0.414. The van der Waals surface area contributed by atoms with Crippen molar-refractivity contribution >= 4 is 29.9 Å². The Morgan fingerprint density at radius 3 is 2.55 bits per heavy atom. The van der Waals surface area contributed by atoms with Crippen molar-refractivity contribution in [3.8, 4) is 17.4 Å². The van der Waals surface area contributed by atoms with Crippen molar-refractivity contribution in [1.29, 1.82) is 0 Å². The van der Waals surface area contributed by atoms with Gasteiger partial charge >= 0.3 is 0 Å². The molecule has 0 aliphatic rings. The van der Waals surface area contributed by atoms with E-state index in [4.69, 9.17) is 9.47 Å². The van der Waals surface area contributed by atoms with Gasteiger partial charge in [0.1, 0.15) is 17.3 Å². The highest BCUT2D eigenvalue weighted by Gasteiger charge is 2.08. The SMILES string of the molecule is CN=C(NCCc1ccc(OC)cc1)NCc1cccnc1Oc1cccc(F)c1.I. The van der Waals surface area contributed by atoms with Gasteiger partial charge in [-0.1, -0.05) is 24.3 Å². The Balaban J connectivity index is 0.00000341. The number of aliphatic imine (C=N–C) groups is 1. The predicted molar refractivity (Wildman–Crippen MR) is 131 cm³/mol. The van der Waals surface area contributed by atoms with E-state index in [9.17, 15) is 4.39 Å². The van der Waals surface area contributed by atoms with Crippen molar-refractivity contribution in [2.75, 3.05) is 20.7 Å². The molecule has 1 aromatic heterocycles. The Morgan fingerprint density at radius 1 is 1.03 bits per heavy atom. The van der Waals surface area contributed by atoms with Crippen LogP contribution < -0.4 is 20.1 Å². The first-order valence-corrected chi connectivity index (χ1v) is 9.62. The van der Waals surface area contributed by atoms with Crippen LogP contribution in [0.15, 0.2) is 71.9 Å². The third-order valence-corrected chi connectivity index (χ3v) is 4.40. The van der Waals surface area contributed by atoms with Gasteiger partial charge in [-0.05, 0) is 42.3 Å². The lowest BCUT2D eigenvalue weighted by Gasteiger charge is -2.14. The molecule has 2 aromatic carbocycles. The molecule has 0 fully saturated rings. The van der Waals surface area contributed by atoms with E-state index in [-0.39, 0.29) is 29.8 Å². The number of benzene rings is 2. The number of aromatic nitrogens is 1. The Hall–Kier alpha value is -2.88. The minimum atomic E-state index is -0.357. The summed E-state index contributed by atoms with van der Waals surface area (Å²) in [7, 11) is 3.37. The summed E-state index contributed by atoms with van der Waals surface area (Å²) >= 11 is 0. The van der Waals surface area contributed by atoms with E-state index in [0.717, 1.165) is 24.3 Å². The number of nitrogens with one attached hydrogen (secondary N) is 2. The number of nitrogens with zero attached hydrogens (tertiary/aromatic N) is 2. The summed E-state index contributed by atoms with van der Waals surface area (Å²) in [5.74, 6) is 1.98. The number of guanidine groups is 1. The van der Waals surface area contributed by atoms with Gasteiger partial charge in [-0.15, -0.1) is 24.0 Å². The highest BCUT2D eigenvalue weighted by molar-refractivity contribution is 14.0. The van der Waals surface area contributed by atoms with Gasteiger partial charge in [0.15, 0.2) is 5.96 Å². The van der Waals surface area contributed by atoms with Crippen LogP contribution in [0.5, 0.6) is 17.4 Å². The van der Waals surface area contributed by atoms with Gasteiger partial charge in [0, 0.05) is 38.0 Å². The minimum Gasteiger partial charge on any atom is -0.497 e. The van der Waals surface area contributed by atoms with E-state index in [2.05, 4.69) is 20.6 Å². The number of rotatable bonds is 8. The average molecular weight is 536 g/mol. The topological polar surface area (TPSA) is 67.8 Å². The summed E-state index contributed by atoms with van der Waals surface area (Å²) in [4.78, 5) is 8.52. The second kappa shape index (κ2) is 12.7. The van der Waals surface area contributed by atoms with Crippen LogP contribution >= 0.6 is 24.0 Å². The van der Waals surface area contributed by atoms with E-state index in [1.165, 1.54) is 17.7 Å². The maximum absolute atomic E-state index is 13.4. The lowest BCUT2D eigenvalue weighted by atomic mass is 10.1. The molecule has 0 aliphatic carbocycles. The van der Waals surface area contributed by atoms with E-state index in [0.29, 0.717) is 24.1 Å². The molecule has 0 saturated carbocycles. The molecule has 1 heterocycles. The fraction of sp³-hybridized carbons (Fsp3) is 0.217. The van der Waals surface area contributed by atoms with E-state index < -0.39 is 0 Å². The van der Waals surface area contributed by atoms with Gasteiger partial charge < -0.3 is 20.1 Å². The van der Waals surface area contributed by atoms with Gasteiger partial charge in [0.2, 0.25) is 5.88 Å². The van der Waals surface area contributed by atoms with E-state index in [1.807, 2.05) is 36.4 Å². The highest BCUT2D eigenvalue weighted by atomic mass is 127. The molecule has 0 bridgehead atoms. The smallest absolute Gasteiger partial charge is 0.224 e. The molecule has 0 spiro atoms. The zero-order valence-corrected chi connectivity index (χ0v) is 19.8. The molecule has 0 radical (unpaired) electrons. The Kier molecular flexibility index (Phi) is 10.0. The first-order valence-electron chi connectivity index (χ1n) is 9.62. The van der Waals surface area contributed by atoms with E-state index in [1.54, 1.807) is 32.5 Å². The van der Waals surface area contributed by atoms with Gasteiger partial charge in [0.05, 0.1) is 7.11 Å². The summed E-state index contributed by atoms with van der Waals surface area (Å²) < 4.78 is 24.3. The number of methoxy groups -OCH3 is 1. The standard InChI is InChI=1S/C23H25FN4O2.HI/c1-25-23(27-14-12-17-8-10-20(29-2)11-9-17)28-16-18-5-4-13-26-22(18)30-21-7-3-6-19(24)15-21;/h3-11,13,15H,12,14,16H2,1-2H3,(H2,25,27,28);1H. The average Bonchev–Trinajstić information content (AvgIpc) is 2.77. The molecule has 0 saturated heterocycles. The van der Waals surface area contributed by atoms with Gasteiger partial charge in [-0.25, -0.2) is 9.37 Å². The van der Waals surface area contributed by atoms with Crippen molar-refractivity contribution in [1.82, 2.24) is 15.6 Å². The molecule has 0 atom stereocenters. The minimum absolute atomic E-state index is 0. The molecule has 3 rings (SSSR count). The normalized spacial score (nSPS) is 10.7. The summed E-state index contributed by atoms with van der Waals surface area (Å²) in [6, 6.07) is 17.7. The van der Waals surface area contributed by atoms with Crippen molar-refractivity contribution in [2.24, 2.45) is 4.99 Å². The van der Waals surface area contributed by atoms with Crippen LogP contribution in [0.2, 0.25) is 0 Å². The zero-order valence-electron chi connectivity index (χ0n) is 17.5. The quantitative estimate of drug-likeness (QED) is 0.251. The molecule has 164 valence electrons. The predicted octanol–water partition coefficient (Wildman–Crippen LogP) is 4.55. The maximum atomic E-state index is 13.4. The molecule has 6 nitrogen and oxygen atoms in total. The number of halogens is 2. The van der Waals surface area contributed by atoms with Crippen LogP contribution in [-0.4, -0.2) is 31.6 Å². The Bertz CT molecular complexity index is 983. The molecular formula is C23H26FIN4O2.